The number of hydrogen-bond acceptors (Lipinski definition) is 6. The minimum atomic E-state index is -0.901. The maximum absolute atomic E-state index is 12.1. The molecular weight excluding hydrogens is 406 g/mol. The molecule has 2 fully saturated rings. The number of phenolic OH excluding ortho intramolecular Hbond substituents is 1. The van der Waals surface area contributed by atoms with Gasteiger partial charge in [-0.15, -0.1) is 0 Å². The van der Waals surface area contributed by atoms with Crippen LogP contribution in [0.5, 0.6) is 11.5 Å². The van der Waals surface area contributed by atoms with Gasteiger partial charge in [0.25, 0.3) is 0 Å². The summed E-state index contributed by atoms with van der Waals surface area (Å²) in [7, 11) is 1.63. The lowest BCUT2D eigenvalue weighted by molar-refractivity contribution is -0.142. The van der Waals surface area contributed by atoms with Gasteiger partial charge in [-0.1, -0.05) is 32.3 Å². The van der Waals surface area contributed by atoms with Gasteiger partial charge in [0.1, 0.15) is 0 Å². The maximum Gasteiger partial charge on any atom is 0.189 e. The minimum Gasteiger partial charge on any atom is -0.504 e. The Hall–Kier alpha value is -1.34. The van der Waals surface area contributed by atoms with Crippen molar-refractivity contribution in [2.24, 2.45) is 5.92 Å². The molecule has 32 heavy (non-hydrogen) atoms. The van der Waals surface area contributed by atoms with Crippen molar-refractivity contribution < 1.29 is 24.4 Å². The molecule has 2 N–H and O–H groups in total. The van der Waals surface area contributed by atoms with Crippen LogP contribution < -0.4 is 4.74 Å². The Morgan fingerprint density at radius 2 is 2.03 bits per heavy atom. The molecule has 0 spiro atoms. The number of nitrogens with zero attached hydrogens (tertiary/aromatic N) is 1. The molecule has 3 atom stereocenters. The van der Waals surface area contributed by atoms with Crippen LogP contribution in [-0.2, 0) is 21.3 Å². The Labute approximate surface area is 192 Å². The van der Waals surface area contributed by atoms with Gasteiger partial charge in [0, 0.05) is 30.7 Å². The zero-order chi connectivity index (χ0) is 22.8. The molecule has 2 bridgehead atoms. The highest BCUT2D eigenvalue weighted by molar-refractivity contribution is 5.57. The molecule has 0 aromatic heterocycles. The first kappa shape index (κ1) is 23.8. The van der Waals surface area contributed by atoms with E-state index in [0.29, 0.717) is 19.0 Å². The van der Waals surface area contributed by atoms with E-state index in [2.05, 4.69) is 17.9 Å². The van der Waals surface area contributed by atoms with Gasteiger partial charge >= 0.3 is 0 Å². The zero-order valence-corrected chi connectivity index (χ0v) is 20.1. The number of aromatic hydroxyl groups is 1. The number of rotatable bonds is 11. The molecule has 4 rings (SSSR count). The van der Waals surface area contributed by atoms with E-state index < -0.39 is 11.0 Å². The van der Waals surface area contributed by atoms with Crippen LogP contribution in [0.15, 0.2) is 12.1 Å². The summed E-state index contributed by atoms with van der Waals surface area (Å²) in [5.41, 5.74) is 0.700. The van der Waals surface area contributed by atoms with E-state index in [9.17, 15) is 10.2 Å². The maximum atomic E-state index is 12.1. The van der Waals surface area contributed by atoms with Crippen molar-refractivity contribution in [1.29, 1.82) is 0 Å². The van der Waals surface area contributed by atoms with E-state index >= 15 is 0 Å². The van der Waals surface area contributed by atoms with Crippen LogP contribution in [0.25, 0.3) is 0 Å². The normalized spacial score (nSPS) is 30.1. The summed E-state index contributed by atoms with van der Waals surface area (Å²) < 4.78 is 16.2. The first-order valence-corrected chi connectivity index (χ1v) is 12.5. The number of aliphatic hydroxyl groups is 1. The molecule has 1 saturated heterocycles. The molecule has 180 valence electrons. The highest BCUT2D eigenvalue weighted by Gasteiger charge is 2.61. The molecule has 0 amide bonds. The molecule has 1 heterocycles. The topological polar surface area (TPSA) is 71.4 Å². The number of methoxy groups -OCH3 is 1. The van der Waals surface area contributed by atoms with E-state index in [1.54, 1.807) is 7.11 Å². The van der Waals surface area contributed by atoms with Crippen LogP contribution in [0.4, 0.5) is 0 Å². The van der Waals surface area contributed by atoms with Gasteiger partial charge in [0.15, 0.2) is 18.3 Å². The summed E-state index contributed by atoms with van der Waals surface area (Å²) in [6.07, 6.45) is 8.56. The Morgan fingerprint density at radius 1 is 1.22 bits per heavy atom. The summed E-state index contributed by atoms with van der Waals surface area (Å²) in [4.78, 5) is 2.54. The Bertz CT molecular complexity index is 778. The van der Waals surface area contributed by atoms with E-state index in [0.717, 1.165) is 62.2 Å². The van der Waals surface area contributed by atoms with Gasteiger partial charge in [-0.2, -0.15) is 0 Å². The first-order valence-electron chi connectivity index (χ1n) is 12.5. The van der Waals surface area contributed by atoms with Crippen molar-refractivity contribution in [3.8, 4) is 11.5 Å². The fraction of sp³-hybridized carbons (Fsp3) is 0.769. The van der Waals surface area contributed by atoms with Crippen LogP contribution >= 0.6 is 0 Å². The SMILES string of the molecule is CCCCC12CCN(CC3CCC3)[C@H](Cc3ccc(OCOCCOC)c(O)c31)C2(C)O. The molecule has 1 aliphatic heterocycles. The number of piperidine rings is 1. The number of hydrogen-bond donors (Lipinski definition) is 2. The second-order valence-electron chi connectivity index (χ2n) is 10.2. The lowest BCUT2D eigenvalue weighted by atomic mass is 9.53. The summed E-state index contributed by atoms with van der Waals surface area (Å²) >= 11 is 0. The minimum absolute atomic E-state index is 0.0614. The summed E-state index contributed by atoms with van der Waals surface area (Å²) in [5, 5.41) is 23.5. The van der Waals surface area contributed by atoms with Crippen LogP contribution in [0.3, 0.4) is 0 Å². The zero-order valence-electron chi connectivity index (χ0n) is 20.1. The molecule has 1 aromatic rings. The van der Waals surface area contributed by atoms with Crippen LogP contribution in [0.1, 0.15) is 69.9 Å². The van der Waals surface area contributed by atoms with E-state index in [-0.39, 0.29) is 18.6 Å². The fourth-order valence-corrected chi connectivity index (χ4v) is 6.28. The van der Waals surface area contributed by atoms with E-state index in [1.807, 2.05) is 13.0 Å². The van der Waals surface area contributed by atoms with Gasteiger partial charge in [-0.3, -0.25) is 4.90 Å². The summed E-state index contributed by atoms with van der Waals surface area (Å²) in [6, 6.07) is 4.03. The average Bonchev–Trinajstić information content (AvgIpc) is 2.72. The van der Waals surface area contributed by atoms with E-state index in [1.165, 1.54) is 19.3 Å². The molecule has 3 aliphatic rings. The van der Waals surface area contributed by atoms with Crippen LogP contribution in [-0.4, -0.2) is 67.0 Å². The Balaban J connectivity index is 1.64. The Morgan fingerprint density at radius 3 is 2.72 bits per heavy atom. The van der Waals surface area contributed by atoms with Crippen molar-refractivity contribution >= 4 is 0 Å². The molecule has 2 unspecified atom stereocenters. The third-order valence-corrected chi connectivity index (χ3v) is 8.41. The predicted molar refractivity (Wildman–Crippen MR) is 124 cm³/mol. The lowest BCUT2D eigenvalue weighted by Gasteiger charge is -2.61. The van der Waals surface area contributed by atoms with Crippen molar-refractivity contribution in [2.75, 3.05) is 40.2 Å². The molecule has 1 saturated carbocycles. The second-order valence-corrected chi connectivity index (χ2v) is 10.2. The van der Waals surface area contributed by atoms with Crippen LogP contribution in [0, 0.1) is 5.92 Å². The Kier molecular flexibility index (Phi) is 7.35. The average molecular weight is 448 g/mol. The molecule has 6 nitrogen and oxygen atoms in total. The lowest BCUT2D eigenvalue weighted by Crippen LogP contribution is -2.70. The predicted octanol–water partition coefficient (Wildman–Crippen LogP) is 4.00. The van der Waals surface area contributed by atoms with Gasteiger partial charge in [0.05, 0.1) is 18.8 Å². The van der Waals surface area contributed by atoms with Crippen LogP contribution in [0.2, 0.25) is 0 Å². The smallest absolute Gasteiger partial charge is 0.189 e. The molecular formula is C26H41NO5. The number of benzene rings is 1. The highest BCUT2D eigenvalue weighted by atomic mass is 16.7. The fourth-order valence-electron chi connectivity index (χ4n) is 6.28. The molecule has 2 aliphatic carbocycles. The third kappa shape index (κ3) is 4.15. The van der Waals surface area contributed by atoms with Crippen molar-refractivity contribution in [3.05, 3.63) is 23.3 Å². The standard InChI is InChI=1S/C26H41NO5/c1-4-5-11-26-12-13-27(17-19-7-6-8-19)22(25(26,2)29)16-20-9-10-21(24(28)23(20)26)32-18-31-15-14-30-3/h9-10,19,22,28-29H,4-8,11-18H2,1-3H3/t22-,25?,26?/m1/s1. The van der Waals surface area contributed by atoms with Gasteiger partial charge in [-0.05, 0) is 63.1 Å². The first-order chi connectivity index (χ1) is 15.4. The monoisotopic (exact) mass is 447 g/mol. The molecule has 0 radical (unpaired) electrons. The number of unbranched alkanes of at least 4 members (excludes halogenated alkanes) is 1. The molecule has 6 heteroatoms. The van der Waals surface area contributed by atoms with Crippen molar-refractivity contribution in [2.45, 2.75) is 82.3 Å². The third-order valence-electron chi connectivity index (χ3n) is 8.41. The molecule has 1 aromatic carbocycles. The quantitative estimate of drug-likeness (QED) is 0.395. The van der Waals surface area contributed by atoms with Gasteiger partial charge < -0.3 is 24.4 Å². The van der Waals surface area contributed by atoms with Crippen molar-refractivity contribution in [3.63, 3.8) is 0 Å². The number of fused-ring (bicyclic) bond motifs is 4. The summed E-state index contributed by atoms with van der Waals surface area (Å²) in [6.45, 7) is 7.28. The number of ether oxygens (including phenoxy) is 3. The second kappa shape index (κ2) is 9.88. The van der Waals surface area contributed by atoms with Crippen molar-refractivity contribution in [1.82, 2.24) is 4.90 Å². The number of likely N-dealkylation sites (tertiary alicyclic amines) is 1. The van der Waals surface area contributed by atoms with Gasteiger partial charge in [-0.25, -0.2) is 0 Å². The number of phenols is 1. The highest BCUT2D eigenvalue weighted by Crippen LogP contribution is 2.58. The van der Waals surface area contributed by atoms with E-state index in [4.69, 9.17) is 14.2 Å². The summed E-state index contributed by atoms with van der Waals surface area (Å²) in [5.74, 6) is 1.39. The largest absolute Gasteiger partial charge is 0.504 e. The van der Waals surface area contributed by atoms with Gasteiger partial charge in [0.2, 0.25) is 0 Å².